The molecule has 2 unspecified atom stereocenters. The highest BCUT2D eigenvalue weighted by atomic mass is 35.5. The van der Waals surface area contributed by atoms with Crippen LogP contribution in [0.25, 0.3) is 0 Å². The van der Waals surface area contributed by atoms with Crippen molar-refractivity contribution in [1.29, 1.82) is 0 Å². The summed E-state index contributed by atoms with van der Waals surface area (Å²) in [5.41, 5.74) is 5.46. The van der Waals surface area contributed by atoms with Gasteiger partial charge >= 0.3 is 0 Å². The third kappa shape index (κ3) is 4.79. The van der Waals surface area contributed by atoms with E-state index >= 15 is 0 Å². The Morgan fingerprint density at radius 1 is 0.935 bits per heavy atom. The van der Waals surface area contributed by atoms with E-state index in [0.29, 0.717) is 17.1 Å². The maximum atomic E-state index is 12.6. The van der Waals surface area contributed by atoms with Crippen molar-refractivity contribution in [3.63, 3.8) is 0 Å². The smallest absolute Gasteiger partial charge is 0.251 e. The molecule has 0 aliphatic heterocycles. The standard InChI is InChI=1S/C26H26Cl2N2O/c1-30(2)13-12-29-26(31)18-7-5-6-17(14-18)22-16-23(21-9-4-3-8-20(21)22)24-15-19(27)10-11-25(24)28/h3-11,14-15,22-23H,12-13,16H2,1-2H3,(H,29,31). The van der Waals surface area contributed by atoms with Gasteiger partial charge < -0.3 is 10.2 Å². The number of hydrogen-bond donors (Lipinski definition) is 1. The molecule has 4 rings (SSSR count). The van der Waals surface area contributed by atoms with Crippen molar-refractivity contribution < 1.29 is 4.79 Å². The normalized spacial score (nSPS) is 17.6. The predicted octanol–water partition coefficient (Wildman–Crippen LogP) is 5.95. The van der Waals surface area contributed by atoms with Crippen LogP contribution >= 0.6 is 23.2 Å². The Hall–Kier alpha value is -2.33. The molecule has 0 saturated carbocycles. The Kier molecular flexibility index (Phi) is 6.66. The summed E-state index contributed by atoms with van der Waals surface area (Å²) in [7, 11) is 3.99. The maximum Gasteiger partial charge on any atom is 0.251 e. The van der Waals surface area contributed by atoms with Crippen LogP contribution in [0.1, 0.15) is 50.9 Å². The van der Waals surface area contributed by atoms with E-state index in [-0.39, 0.29) is 17.7 Å². The summed E-state index contributed by atoms with van der Waals surface area (Å²) in [5, 5.41) is 4.43. The van der Waals surface area contributed by atoms with E-state index in [1.165, 1.54) is 11.1 Å². The van der Waals surface area contributed by atoms with Crippen LogP contribution in [-0.4, -0.2) is 38.0 Å². The number of carbonyl (C=O) groups is 1. The number of carbonyl (C=O) groups excluding carboxylic acids is 1. The van der Waals surface area contributed by atoms with Crippen LogP contribution in [0.15, 0.2) is 66.7 Å². The molecular weight excluding hydrogens is 427 g/mol. The summed E-state index contributed by atoms with van der Waals surface area (Å²) >= 11 is 12.8. The predicted molar refractivity (Wildman–Crippen MR) is 129 cm³/mol. The van der Waals surface area contributed by atoms with Crippen molar-refractivity contribution in [3.05, 3.63) is 105 Å². The molecule has 0 fully saturated rings. The molecule has 3 nitrogen and oxygen atoms in total. The van der Waals surface area contributed by atoms with Gasteiger partial charge in [-0.15, -0.1) is 0 Å². The van der Waals surface area contributed by atoms with E-state index in [9.17, 15) is 4.79 Å². The number of likely N-dealkylation sites (N-methyl/N-ethyl adjacent to an activating group) is 1. The van der Waals surface area contributed by atoms with Crippen LogP contribution < -0.4 is 5.32 Å². The first-order valence-corrected chi connectivity index (χ1v) is 11.3. The van der Waals surface area contributed by atoms with Crippen LogP contribution in [0, 0.1) is 0 Å². The third-order valence-electron chi connectivity index (χ3n) is 5.95. The number of rotatable bonds is 6. The third-order valence-corrected chi connectivity index (χ3v) is 6.53. The minimum absolute atomic E-state index is 0.0376. The van der Waals surface area contributed by atoms with Gasteiger partial charge in [0, 0.05) is 40.5 Å². The van der Waals surface area contributed by atoms with Gasteiger partial charge in [0.2, 0.25) is 0 Å². The SMILES string of the molecule is CN(C)CCNC(=O)c1cccc(C2CC(c3cc(Cl)ccc3Cl)c3ccccc32)c1. The van der Waals surface area contributed by atoms with Crippen molar-refractivity contribution in [3.8, 4) is 0 Å². The van der Waals surface area contributed by atoms with Crippen LogP contribution in [0.4, 0.5) is 0 Å². The highest BCUT2D eigenvalue weighted by Crippen LogP contribution is 2.49. The lowest BCUT2D eigenvalue weighted by atomic mass is 9.90. The lowest BCUT2D eigenvalue weighted by Gasteiger charge is -2.16. The second-order valence-corrected chi connectivity index (χ2v) is 9.16. The van der Waals surface area contributed by atoms with Gasteiger partial charge in [-0.25, -0.2) is 0 Å². The summed E-state index contributed by atoms with van der Waals surface area (Å²) in [5.74, 6) is 0.333. The van der Waals surface area contributed by atoms with E-state index in [1.807, 2.05) is 55.4 Å². The second kappa shape index (κ2) is 9.44. The molecule has 160 valence electrons. The lowest BCUT2D eigenvalue weighted by molar-refractivity contribution is 0.0951. The summed E-state index contributed by atoms with van der Waals surface area (Å²) in [4.78, 5) is 14.7. The fraction of sp³-hybridized carbons (Fsp3) is 0.269. The average molecular weight is 453 g/mol. The van der Waals surface area contributed by atoms with E-state index in [1.54, 1.807) is 0 Å². The van der Waals surface area contributed by atoms with E-state index in [0.717, 1.165) is 29.1 Å². The molecule has 3 aromatic rings. The Morgan fingerprint density at radius 2 is 1.68 bits per heavy atom. The van der Waals surface area contributed by atoms with Gasteiger partial charge in [-0.1, -0.05) is 59.6 Å². The zero-order valence-electron chi connectivity index (χ0n) is 17.7. The van der Waals surface area contributed by atoms with Crippen molar-refractivity contribution in [1.82, 2.24) is 10.2 Å². The van der Waals surface area contributed by atoms with Crippen LogP contribution in [0.3, 0.4) is 0 Å². The number of nitrogens with one attached hydrogen (secondary N) is 1. The molecule has 1 N–H and O–H groups in total. The van der Waals surface area contributed by atoms with Gasteiger partial charge in [0.25, 0.3) is 5.91 Å². The molecule has 0 spiro atoms. The first-order valence-electron chi connectivity index (χ1n) is 10.5. The summed E-state index contributed by atoms with van der Waals surface area (Å²) in [6.07, 6.45) is 0.894. The van der Waals surface area contributed by atoms with Crippen LogP contribution in [-0.2, 0) is 0 Å². The molecule has 0 heterocycles. The van der Waals surface area contributed by atoms with Gasteiger partial charge in [-0.2, -0.15) is 0 Å². The minimum atomic E-state index is -0.0376. The zero-order valence-corrected chi connectivity index (χ0v) is 19.3. The number of benzene rings is 3. The van der Waals surface area contributed by atoms with Crippen molar-refractivity contribution in [2.45, 2.75) is 18.3 Å². The number of fused-ring (bicyclic) bond motifs is 1. The summed E-state index contributed by atoms with van der Waals surface area (Å²) in [6, 6.07) is 22.2. The van der Waals surface area contributed by atoms with Crippen molar-refractivity contribution in [2.75, 3.05) is 27.2 Å². The Balaban J connectivity index is 1.63. The number of amides is 1. The number of hydrogen-bond acceptors (Lipinski definition) is 2. The molecule has 1 aliphatic carbocycles. The molecule has 5 heteroatoms. The van der Waals surface area contributed by atoms with Crippen LogP contribution in [0.5, 0.6) is 0 Å². The Labute approximate surface area is 194 Å². The molecule has 31 heavy (non-hydrogen) atoms. The fourth-order valence-corrected chi connectivity index (χ4v) is 4.85. The first kappa shape index (κ1) is 21.9. The molecule has 0 saturated heterocycles. The fourth-order valence-electron chi connectivity index (χ4n) is 4.42. The molecule has 1 amide bonds. The van der Waals surface area contributed by atoms with Crippen LogP contribution in [0.2, 0.25) is 10.0 Å². The highest BCUT2D eigenvalue weighted by molar-refractivity contribution is 6.33. The Bertz CT molecular complexity index is 1100. The second-order valence-electron chi connectivity index (χ2n) is 8.32. The molecule has 0 radical (unpaired) electrons. The molecule has 0 aromatic heterocycles. The molecule has 3 aromatic carbocycles. The molecule has 0 bridgehead atoms. The largest absolute Gasteiger partial charge is 0.351 e. The molecular formula is C26H26Cl2N2O. The molecule has 2 atom stereocenters. The lowest BCUT2D eigenvalue weighted by Crippen LogP contribution is -2.31. The number of nitrogens with zero attached hydrogens (tertiary/aromatic N) is 1. The topological polar surface area (TPSA) is 32.3 Å². The monoisotopic (exact) mass is 452 g/mol. The van der Waals surface area contributed by atoms with Gasteiger partial charge in [0.1, 0.15) is 0 Å². The quantitative estimate of drug-likeness (QED) is 0.500. The van der Waals surface area contributed by atoms with E-state index in [2.05, 4.69) is 35.6 Å². The Morgan fingerprint density at radius 3 is 2.42 bits per heavy atom. The summed E-state index contributed by atoms with van der Waals surface area (Å²) in [6.45, 7) is 1.43. The van der Waals surface area contributed by atoms with Gasteiger partial charge in [0.15, 0.2) is 0 Å². The summed E-state index contributed by atoms with van der Waals surface area (Å²) < 4.78 is 0. The van der Waals surface area contributed by atoms with E-state index < -0.39 is 0 Å². The highest BCUT2D eigenvalue weighted by Gasteiger charge is 2.33. The van der Waals surface area contributed by atoms with Gasteiger partial charge in [-0.05, 0) is 73.1 Å². The van der Waals surface area contributed by atoms with Gasteiger partial charge in [-0.3, -0.25) is 4.79 Å². The van der Waals surface area contributed by atoms with E-state index in [4.69, 9.17) is 23.2 Å². The minimum Gasteiger partial charge on any atom is -0.351 e. The number of halogens is 2. The van der Waals surface area contributed by atoms with Crippen molar-refractivity contribution in [2.24, 2.45) is 0 Å². The molecule has 1 aliphatic rings. The average Bonchev–Trinajstić information content (AvgIpc) is 3.15. The van der Waals surface area contributed by atoms with Gasteiger partial charge in [0.05, 0.1) is 0 Å². The zero-order chi connectivity index (χ0) is 22.0. The maximum absolute atomic E-state index is 12.6. The van der Waals surface area contributed by atoms with Crippen molar-refractivity contribution >= 4 is 29.1 Å². The first-order chi connectivity index (χ1) is 14.9.